The molecule has 0 saturated carbocycles. The van der Waals surface area contributed by atoms with Crippen molar-refractivity contribution in [2.24, 2.45) is 0 Å². The summed E-state index contributed by atoms with van der Waals surface area (Å²) in [6.45, 7) is 3.90. The molecule has 0 fully saturated rings. The van der Waals surface area contributed by atoms with Crippen molar-refractivity contribution < 1.29 is 8.78 Å². The van der Waals surface area contributed by atoms with Gasteiger partial charge in [-0.2, -0.15) is 5.26 Å². The van der Waals surface area contributed by atoms with Gasteiger partial charge < -0.3 is 5.32 Å². The molecule has 0 saturated heterocycles. The Morgan fingerprint density at radius 1 is 1.40 bits per heavy atom. The predicted molar refractivity (Wildman–Crippen MR) is 54.4 cm³/mol. The molecular weight excluding hydrogens is 198 g/mol. The zero-order valence-corrected chi connectivity index (χ0v) is 8.06. The van der Waals surface area contributed by atoms with Crippen LogP contribution in [0.2, 0.25) is 0 Å². The highest BCUT2D eigenvalue weighted by Crippen LogP contribution is 2.20. The topological polar surface area (TPSA) is 35.8 Å². The number of nitrogens with one attached hydrogen (secondary N) is 1. The first-order chi connectivity index (χ1) is 7.19. The molecular formula is C11H10F2N2. The maximum atomic E-state index is 13.2. The monoisotopic (exact) mass is 208 g/mol. The smallest absolute Gasteiger partial charge is 0.150 e. The molecule has 0 aromatic heterocycles. The highest BCUT2D eigenvalue weighted by atomic mass is 19.1. The zero-order chi connectivity index (χ0) is 11.3. The van der Waals surface area contributed by atoms with E-state index in [2.05, 4.69) is 11.9 Å². The van der Waals surface area contributed by atoms with Gasteiger partial charge in [-0.05, 0) is 18.6 Å². The van der Waals surface area contributed by atoms with Crippen molar-refractivity contribution in [1.82, 2.24) is 0 Å². The summed E-state index contributed by atoms with van der Waals surface area (Å²) >= 11 is 0. The van der Waals surface area contributed by atoms with E-state index in [9.17, 15) is 8.78 Å². The summed E-state index contributed by atoms with van der Waals surface area (Å²) in [4.78, 5) is 0. The predicted octanol–water partition coefficient (Wildman–Crippen LogP) is 2.82. The van der Waals surface area contributed by atoms with E-state index in [1.165, 1.54) is 0 Å². The minimum absolute atomic E-state index is 0.0285. The number of halogens is 2. The fourth-order valence-corrected chi connectivity index (χ4v) is 1.11. The molecule has 0 bridgehead atoms. The number of nitriles is 1. The van der Waals surface area contributed by atoms with Crippen LogP contribution in [0.4, 0.5) is 14.5 Å². The van der Waals surface area contributed by atoms with Gasteiger partial charge in [0, 0.05) is 6.54 Å². The van der Waals surface area contributed by atoms with Crippen molar-refractivity contribution in [2.75, 3.05) is 11.9 Å². The maximum absolute atomic E-state index is 13.2. The largest absolute Gasteiger partial charge is 0.380 e. The molecule has 0 aliphatic heterocycles. The van der Waals surface area contributed by atoms with Gasteiger partial charge in [0.05, 0.1) is 11.6 Å². The second kappa shape index (κ2) is 5.11. The molecule has 0 atom stereocenters. The van der Waals surface area contributed by atoms with Gasteiger partial charge >= 0.3 is 0 Å². The third kappa shape index (κ3) is 2.78. The quantitative estimate of drug-likeness (QED) is 0.610. The Bertz CT molecular complexity index is 385. The molecule has 1 N–H and O–H groups in total. The average Bonchev–Trinajstić information content (AvgIpc) is 2.22. The Hall–Kier alpha value is -1.89. The van der Waals surface area contributed by atoms with Gasteiger partial charge in [0.2, 0.25) is 0 Å². The van der Waals surface area contributed by atoms with E-state index in [1.54, 1.807) is 12.1 Å². The molecule has 1 rings (SSSR count). The fourth-order valence-electron chi connectivity index (χ4n) is 1.11. The Morgan fingerprint density at radius 2 is 2.00 bits per heavy atom. The molecule has 0 aliphatic rings. The summed E-state index contributed by atoms with van der Waals surface area (Å²) in [6.07, 6.45) is 2.26. The maximum Gasteiger partial charge on any atom is 0.150 e. The summed E-state index contributed by atoms with van der Waals surface area (Å²) in [5.41, 5.74) is -0.227. The van der Waals surface area contributed by atoms with Crippen LogP contribution in [0.15, 0.2) is 24.8 Å². The third-order valence-corrected chi connectivity index (χ3v) is 1.82. The van der Waals surface area contributed by atoms with Crippen molar-refractivity contribution in [3.05, 3.63) is 42.0 Å². The second-order valence-corrected chi connectivity index (χ2v) is 2.93. The van der Waals surface area contributed by atoms with Crippen molar-refractivity contribution in [3.8, 4) is 6.07 Å². The molecule has 0 spiro atoms. The Balaban J connectivity index is 2.89. The lowest BCUT2D eigenvalue weighted by Gasteiger charge is -2.07. The molecule has 1 aromatic carbocycles. The Morgan fingerprint density at radius 3 is 2.47 bits per heavy atom. The summed E-state index contributed by atoms with van der Waals surface area (Å²) in [5, 5.41) is 11.1. The van der Waals surface area contributed by atoms with Crippen LogP contribution in [-0.2, 0) is 0 Å². The van der Waals surface area contributed by atoms with Gasteiger partial charge in [0.1, 0.15) is 5.69 Å². The van der Waals surface area contributed by atoms with E-state index < -0.39 is 11.6 Å². The zero-order valence-electron chi connectivity index (χ0n) is 8.06. The number of hydrogen-bond donors (Lipinski definition) is 1. The minimum atomic E-state index is -0.754. The van der Waals surface area contributed by atoms with Crippen molar-refractivity contribution in [2.45, 2.75) is 6.42 Å². The van der Waals surface area contributed by atoms with Crippen LogP contribution in [0.1, 0.15) is 12.0 Å². The third-order valence-electron chi connectivity index (χ3n) is 1.82. The second-order valence-electron chi connectivity index (χ2n) is 2.93. The highest BCUT2D eigenvalue weighted by molar-refractivity contribution is 5.50. The van der Waals surface area contributed by atoms with Gasteiger partial charge in [-0.15, -0.1) is 6.58 Å². The van der Waals surface area contributed by atoms with Crippen LogP contribution in [0.5, 0.6) is 0 Å². The number of hydrogen-bond acceptors (Lipinski definition) is 2. The van der Waals surface area contributed by atoms with Crippen LogP contribution >= 0.6 is 0 Å². The molecule has 2 nitrogen and oxygen atoms in total. The molecule has 0 heterocycles. The molecule has 0 unspecified atom stereocenters. The van der Waals surface area contributed by atoms with Crippen LogP contribution in [0, 0.1) is 23.0 Å². The Kier molecular flexibility index (Phi) is 3.81. The molecule has 0 aliphatic carbocycles. The van der Waals surface area contributed by atoms with Crippen LogP contribution < -0.4 is 5.32 Å². The van der Waals surface area contributed by atoms with Gasteiger partial charge in [-0.1, -0.05) is 6.08 Å². The molecule has 15 heavy (non-hydrogen) atoms. The number of anilines is 1. The molecule has 1 aromatic rings. The molecule has 0 radical (unpaired) electrons. The number of rotatable bonds is 4. The van der Waals surface area contributed by atoms with Crippen LogP contribution in [-0.4, -0.2) is 6.54 Å². The highest BCUT2D eigenvalue weighted by Gasteiger charge is 2.09. The summed E-state index contributed by atoms with van der Waals surface area (Å²) in [7, 11) is 0. The normalized spacial score (nSPS) is 9.40. The van der Waals surface area contributed by atoms with Crippen LogP contribution in [0.25, 0.3) is 0 Å². The molecule has 78 valence electrons. The first kappa shape index (κ1) is 11.2. The first-order valence-corrected chi connectivity index (χ1v) is 4.43. The van der Waals surface area contributed by atoms with Crippen LogP contribution in [0.3, 0.4) is 0 Å². The van der Waals surface area contributed by atoms with Gasteiger partial charge in [0.25, 0.3) is 0 Å². The lowest BCUT2D eigenvalue weighted by molar-refractivity contribution is 0.587. The lowest BCUT2D eigenvalue weighted by Crippen LogP contribution is -2.05. The number of benzene rings is 1. The van der Waals surface area contributed by atoms with E-state index in [-0.39, 0.29) is 11.3 Å². The summed E-state index contributed by atoms with van der Waals surface area (Å²) < 4.78 is 26.5. The van der Waals surface area contributed by atoms with Gasteiger partial charge in [0.15, 0.2) is 11.6 Å². The average molecular weight is 208 g/mol. The van der Waals surface area contributed by atoms with Crippen molar-refractivity contribution >= 4 is 5.69 Å². The van der Waals surface area contributed by atoms with E-state index >= 15 is 0 Å². The SMILES string of the molecule is C=CCCNc1c(F)cc(C#N)cc1F. The van der Waals surface area contributed by atoms with E-state index in [0.717, 1.165) is 12.1 Å². The number of nitrogens with zero attached hydrogens (tertiary/aromatic N) is 1. The van der Waals surface area contributed by atoms with E-state index in [4.69, 9.17) is 5.26 Å². The van der Waals surface area contributed by atoms with E-state index in [0.29, 0.717) is 13.0 Å². The Labute approximate surface area is 86.8 Å². The standard InChI is InChI=1S/C11H10F2N2/c1-2-3-4-15-11-9(12)5-8(7-14)6-10(11)13/h2,5-6,15H,1,3-4H2. The summed E-state index contributed by atoms with van der Waals surface area (Å²) in [5.74, 6) is -1.51. The summed E-state index contributed by atoms with van der Waals surface area (Å²) in [6, 6.07) is 3.68. The van der Waals surface area contributed by atoms with Crippen molar-refractivity contribution in [3.63, 3.8) is 0 Å². The lowest BCUT2D eigenvalue weighted by atomic mass is 10.2. The first-order valence-electron chi connectivity index (χ1n) is 4.43. The van der Waals surface area contributed by atoms with E-state index in [1.807, 2.05) is 0 Å². The van der Waals surface area contributed by atoms with Gasteiger partial charge in [-0.25, -0.2) is 8.78 Å². The fraction of sp³-hybridized carbons (Fsp3) is 0.182. The minimum Gasteiger partial charge on any atom is -0.380 e. The van der Waals surface area contributed by atoms with Crippen molar-refractivity contribution in [1.29, 1.82) is 5.26 Å². The molecule has 0 amide bonds. The van der Waals surface area contributed by atoms with Gasteiger partial charge in [-0.3, -0.25) is 0 Å². The molecule has 4 heteroatoms.